The molecule has 24 heavy (non-hydrogen) atoms. The van der Waals surface area contributed by atoms with E-state index in [9.17, 15) is 19.2 Å². The van der Waals surface area contributed by atoms with Crippen molar-refractivity contribution in [3.63, 3.8) is 0 Å². The largest absolute Gasteiger partial charge is 0.465 e. The normalized spacial score (nSPS) is 12.3. The van der Waals surface area contributed by atoms with Gasteiger partial charge in [-0.15, -0.1) is 0 Å². The van der Waals surface area contributed by atoms with Crippen molar-refractivity contribution in [3.05, 3.63) is 20.8 Å². The minimum Gasteiger partial charge on any atom is -0.465 e. The van der Waals surface area contributed by atoms with Gasteiger partial charge in [-0.2, -0.15) is 0 Å². The number of primary amides is 1. The Morgan fingerprint density at radius 3 is 2.67 bits per heavy atom. The van der Waals surface area contributed by atoms with Gasteiger partial charge in [-0.05, 0) is 13.8 Å². The number of thioether (sulfide) groups is 1. The summed E-state index contributed by atoms with van der Waals surface area (Å²) in [7, 11) is 1.44. The zero-order chi connectivity index (χ0) is 18.0. The van der Waals surface area contributed by atoms with Crippen molar-refractivity contribution in [2.45, 2.75) is 30.8 Å². The van der Waals surface area contributed by atoms with Crippen LogP contribution in [0.15, 0.2) is 14.7 Å². The summed E-state index contributed by atoms with van der Waals surface area (Å²) in [4.78, 5) is 53.3. The zero-order valence-corrected chi connectivity index (χ0v) is 14.2. The van der Waals surface area contributed by atoms with Crippen LogP contribution in [0.2, 0.25) is 0 Å². The van der Waals surface area contributed by atoms with Crippen molar-refractivity contribution in [3.8, 4) is 0 Å². The molecule has 0 saturated heterocycles. The number of nitrogens with one attached hydrogen (secondary N) is 1. The van der Waals surface area contributed by atoms with Crippen molar-refractivity contribution in [1.29, 1.82) is 0 Å². The second-order valence-electron chi connectivity index (χ2n) is 4.95. The highest BCUT2D eigenvalue weighted by Crippen LogP contribution is 2.26. The summed E-state index contributed by atoms with van der Waals surface area (Å²) < 4.78 is 7.36. The first-order valence-corrected chi connectivity index (χ1v) is 7.95. The molecule has 0 unspecified atom stereocenters. The minimum absolute atomic E-state index is 0.0365. The maximum atomic E-state index is 12.1. The number of nitrogens with zero attached hydrogens (tertiary/aromatic N) is 3. The van der Waals surface area contributed by atoms with Crippen LogP contribution in [-0.2, 0) is 27.9 Å². The zero-order valence-electron chi connectivity index (χ0n) is 13.4. The number of esters is 1. The third kappa shape index (κ3) is 3.35. The van der Waals surface area contributed by atoms with E-state index >= 15 is 0 Å². The van der Waals surface area contributed by atoms with Gasteiger partial charge in [-0.3, -0.25) is 23.9 Å². The van der Waals surface area contributed by atoms with Crippen LogP contribution < -0.4 is 17.0 Å². The molecule has 2 heterocycles. The van der Waals surface area contributed by atoms with E-state index in [1.54, 1.807) is 13.8 Å². The average Bonchev–Trinajstić information content (AvgIpc) is 2.83. The predicted molar refractivity (Wildman–Crippen MR) is 86.7 cm³/mol. The highest BCUT2D eigenvalue weighted by atomic mass is 32.2. The van der Waals surface area contributed by atoms with E-state index in [2.05, 4.69) is 9.97 Å². The van der Waals surface area contributed by atoms with Crippen LogP contribution in [0.25, 0.3) is 11.2 Å². The fraction of sp³-hybridized carbons (Fsp3) is 0.462. The van der Waals surface area contributed by atoms with E-state index in [0.717, 1.165) is 16.3 Å². The molecule has 2 rings (SSSR count). The van der Waals surface area contributed by atoms with Gasteiger partial charge in [0, 0.05) is 7.05 Å². The molecule has 1 atom stereocenters. The SMILES string of the molecule is CCOC(=O)[C@H](C)Sc1nc2c(c(=O)[nH]c(=O)n2C)n1CC(N)=O. The highest BCUT2D eigenvalue weighted by Gasteiger charge is 2.23. The maximum absolute atomic E-state index is 12.1. The van der Waals surface area contributed by atoms with Crippen molar-refractivity contribution >= 4 is 34.8 Å². The Hall–Kier alpha value is -2.56. The Labute approximate surface area is 140 Å². The van der Waals surface area contributed by atoms with Gasteiger partial charge in [0.15, 0.2) is 16.3 Å². The summed E-state index contributed by atoms with van der Waals surface area (Å²) in [6.45, 7) is 3.22. The van der Waals surface area contributed by atoms with E-state index in [1.165, 1.54) is 11.6 Å². The van der Waals surface area contributed by atoms with Gasteiger partial charge >= 0.3 is 11.7 Å². The lowest BCUT2D eigenvalue weighted by atomic mass is 10.5. The Morgan fingerprint density at radius 2 is 2.08 bits per heavy atom. The third-order valence-electron chi connectivity index (χ3n) is 3.19. The van der Waals surface area contributed by atoms with Crippen molar-refractivity contribution in [2.24, 2.45) is 12.8 Å². The Balaban J connectivity index is 2.60. The number of imidazole rings is 1. The molecule has 11 heteroatoms. The number of H-pyrrole nitrogens is 1. The number of ether oxygens (including phenoxy) is 1. The van der Waals surface area contributed by atoms with Crippen molar-refractivity contribution in [2.75, 3.05) is 6.61 Å². The van der Waals surface area contributed by atoms with E-state index < -0.39 is 28.4 Å². The van der Waals surface area contributed by atoms with E-state index in [-0.39, 0.29) is 29.5 Å². The van der Waals surface area contributed by atoms with Gasteiger partial charge < -0.3 is 15.0 Å². The average molecular weight is 355 g/mol. The van der Waals surface area contributed by atoms with Crippen LogP contribution in [0, 0.1) is 0 Å². The summed E-state index contributed by atoms with van der Waals surface area (Å²) in [5, 5.41) is -0.402. The smallest absolute Gasteiger partial charge is 0.329 e. The van der Waals surface area contributed by atoms with E-state index in [1.807, 2.05) is 0 Å². The molecule has 0 aliphatic heterocycles. The van der Waals surface area contributed by atoms with E-state index in [0.29, 0.717) is 0 Å². The fourth-order valence-electron chi connectivity index (χ4n) is 2.07. The quantitative estimate of drug-likeness (QED) is 0.497. The van der Waals surface area contributed by atoms with Crippen LogP contribution in [0.5, 0.6) is 0 Å². The van der Waals surface area contributed by atoms with Gasteiger partial charge in [-0.1, -0.05) is 11.8 Å². The molecule has 2 aromatic heterocycles. The highest BCUT2D eigenvalue weighted by molar-refractivity contribution is 8.00. The lowest BCUT2D eigenvalue weighted by molar-refractivity contribution is -0.142. The number of hydrogen-bond donors (Lipinski definition) is 2. The predicted octanol–water partition coefficient (Wildman–Crippen LogP) is -1.05. The summed E-state index contributed by atoms with van der Waals surface area (Å²) in [5.41, 5.74) is 4.05. The first-order chi connectivity index (χ1) is 11.3. The fourth-order valence-corrected chi connectivity index (χ4v) is 2.98. The number of aromatic amines is 1. The van der Waals surface area contributed by atoms with Gasteiger partial charge in [0.25, 0.3) is 5.56 Å². The Morgan fingerprint density at radius 1 is 1.42 bits per heavy atom. The van der Waals surface area contributed by atoms with Gasteiger partial charge in [-0.25, -0.2) is 9.78 Å². The number of nitrogens with two attached hydrogens (primary N) is 1. The number of rotatable bonds is 6. The molecule has 2 aromatic rings. The van der Waals surface area contributed by atoms with Crippen molar-refractivity contribution < 1.29 is 14.3 Å². The number of aromatic nitrogens is 4. The molecule has 10 nitrogen and oxygen atoms in total. The van der Waals surface area contributed by atoms with Gasteiger partial charge in [0.1, 0.15) is 11.8 Å². The van der Waals surface area contributed by atoms with E-state index in [4.69, 9.17) is 10.5 Å². The molecule has 0 radical (unpaired) electrons. The van der Waals surface area contributed by atoms with Crippen LogP contribution in [0.3, 0.4) is 0 Å². The van der Waals surface area contributed by atoms with Crippen LogP contribution in [0.1, 0.15) is 13.8 Å². The Kier molecular flexibility index (Phi) is 5.12. The third-order valence-corrected chi connectivity index (χ3v) is 4.26. The summed E-state index contributed by atoms with van der Waals surface area (Å²) in [6, 6.07) is 0. The molecule has 3 N–H and O–H groups in total. The monoisotopic (exact) mass is 355 g/mol. The molecule has 0 fully saturated rings. The molecule has 0 aromatic carbocycles. The number of aryl methyl sites for hydroxylation is 1. The summed E-state index contributed by atoms with van der Waals surface area (Å²) in [5.74, 6) is -1.14. The lowest BCUT2D eigenvalue weighted by Crippen LogP contribution is -2.30. The number of carbonyl (C=O) groups is 2. The Bertz CT molecular complexity index is 912. The van der Waals surface area contributed by atoms with Gasteiger partial charge in [0.05, 0.1) is 6.61 Å². The first kappa shape index (κ1) is 17.8. The summed E-state index contributed by atoms with van der Waals surface area (Å²) >= 11 is 1.01. The first-order valence-electron chi connectivity index (χ1n) is 7.07. The van der Waals surface area contributed by atoms with Crippen LogP contribution in [0.4, 0.5) is 0 Å². The molecule has 0 aliphatic rings. The molecule has 0 spiro atoms. The molecule has 0 bridgehead atoms. The molecule has 0 saturated carbocycles. The second kappa shape index (κ2) is 6.91. The summed E-state index contributed by atoms with van der Waals surface area (Å²) in [6.07, 6.45) is 0. The van der Waals surface area contributed by atoms with Crippen LogP contribution >= 0.6 is 11.8 Å². The van der Waals surface area contributed by atoms with Crippen molar-refractivity contribution in [1.82, 2.24) is 19.1 Å². The molecule has 0 aliphatic carbocycles. The minimum atomic E-state index is -0.687. The second-order valence-corrected chi connectivity index (χ2v) is 6.26. The molecule has 1 amide bonds. The van der Waals surface area contributed by atoms with Gasteiger partial charge in [0.2, 0.25) is 5.91 Å². The number of fused-ring (bicyclic) bond motifs is 1. The lowest BCUT2D eigenvalue weighted by Gasteiger charge is -2.10. The standard InChI is InChI=1S/C13H17N5O5S/c1-4-23-11(21)6(2)24-13-15-9-8(18(13)5-7(14)19)10(20)16-12(22)17(9)3/h6H,4-5H2,1-3H3,(H2,14,19)(H,16,20,22)/t6-/m0/s1. The topological polar surface area (TPSA) is 142 Å². The van der Waals surface area contributed by atoms with Crippen LogP contribution in [-0.4, -0.2) is 42.8 Å². The molecule has 130 valence electrons. The molecular formula is C13H17N5O5S. The number of amides is 1. The number of hydrogen-bond acceptors (Lipinski definition) is 7. The number of carbonyl (C=O) groups excluding carboxylic acids is 2. The maximum Gasteiger partial charge on any atom is 0.329 e. The molecular weight excluding hydrogens is 338 g/mol.